The first-order valence-electron chi connectivity index (χ1n) is 9.25. The predicted molar refractivity (Wildman–Crippen MR) is 101 cm³/mol. The van der Waals surface area contributed by atoms with Gasteiger partial charge in [0.05, 0.1) is 4.92 Å². The number of nitro groups is 1. The lowest BCUT2D eigenvalue weighted by Crippen LogP contribution is -2.35. The molecule has 0 saturated carbocycles. The maximum Gasteiger partial charge on any atom is 0.269 e. The van der Waals surface area contributed by atoms with Crippen LogP contribution in [-0.4, -0.2) is 53.6 Å². The Balaban J connectivity index is 1.36. The van der Waals surface area contributed by atoms with Crippen molar-refractivity contribution in [3.05, 3.63) is 63.7 Å². The molecular formula is C20H21N3O5. The number of carbonyl (C=O) groups excluding carboxylic acids is 1. The van der Waals surface area contributed by atoms with Gasteiger partial charge in [0.15, 0.2) is 11.5 Å². The highest BCUT2D eigenvalue weighted by Gasteiger charge is 2.23. The SMILES string of the molecule is O=C(c1ccc2c(c1)OCO2)N1CCCN(Cc2ccc([N+](=O)[O-])cc2)CC1. The van der Waals surface area contributed by atoms with Gasteiger partial charge in [0.1, 0.15) is 0 Å². The Morgan fingerprint density at radius 1 is 1.00 bits per heavy atom. The largest absolute Gasteiger partial charge is 0.454 e. The highest BCUT2D eigenvalue weighted by atomic mass is 16.7. The van der Waals surface area contributed by atoms with Crippen molar-refractivity contribution in [2.75, 3.05) is 33.0 Å². The smallest absolute Gasteiger partial charge is 0.269 e. The van der Waals surface area contributed by atoms with Crippen molar-refractivity contribution in [1.29, 1.82) is 0 Å². The number of hydrogen-bond acceptors (Lipinski definition) is 6. The van der Waals surface area contributed by atoms with Gasteiger partial charge >= 0.3 is 0 Å². The fraction of sp³-hybridized carbons (Fsp3) is 0.350. The second kappa shape index (κ2) is 7.85. The number of carbonyl (C=O) groups is 1. The molecule has 28 heavy (non-hydrogen) atoms. The third-order valence-electron chi connectivity index (χ3n) is 5.05. The highest BCUT2D eigenvalue weighted by Crippen LogP contribution is 2.32. The molecule has 2 aromatic carbocycles. The molecule has 0 unspecified atom stereocenters. The second-order valence-corrected chi connectivity index (χ2v) is 6.91. The van der Waals surface area contributed by atoms with Gasteiger partial charge in [-0.15, -0.1) is 0 Å². The van der Waals surface area contributed by atoms with E-state index in [0.717, 1.165) is 25.1 Å². The van der Waals surface area contributed by atoms with Crippen LogP contribution in [0.15, 0.2) is 42.5 Å². The molecule has 0 atom stereocenters. The number of hydrogen-bond donors (Lipinski definition) is 0. The number of non-ortho nitro benzene ring substituents is 1. The maximum absolute atomic E-state index is 12.9. The number of rotatable bonds is 4. The topological polar surface area (TPSA) is 85.2 Å². The fourth-order valence-corrected chi connectivity index (χ4v) is 3.53. The van der Waals surface area contributed by atoms with Gasteiger partial charge < -0.3 is 14.4 Å². The fourth-order valence-electron chi connectivity index (χ4n) is 3.53. The number of fused-ring (bicyclic) bond motifs is 1. The van der Waals surface area contributed by atoms with Crippen molar-refractivity contribution < 1.29 is 19.2 Å². The van der Waals surface area contributed by atoms with E-state index in [-0.39, 0.29) is 18.4 Å². The average Bonchev–Trinajstić information content (AvgIpc) is 3.06. The monoisotopic (exact) mass is 383 g/mol. The molecule has 2 aromatic rings. The molecule has 1 saturated heterocycles. The van der Waals surface area contributed by atoms with Crippen molar-refractivity contribution >= 4 is 11.6 Å². The summed E-state index contributed by atoms with van der Waals surface area (Å²) in [6.45, 7) is 3.87. The summed E-state index contributed by atoms with van der Waals surface area (Å²) in [7, 11) is 0. The summed E-state index contributed by atoms with van der Waals surface area (Å²) in [6, 6.07) is 11.9. The van der Waals surface area contributed by atoms with Crippen LogP contribution in [0.25, 0.3) is 0 Å². The number of nitrogens with zero attached hydrogens (tertiary/aromatic N) is 3. The van der Waals surface area contributed by atoms with Crippen LogP contribution in [0.3, 0.4) is 0 Å². The molecule has 146 valence electrons. The summed E-state index contributed by atoms with van der Waals surface area (Å²) in [6.07, 6.45) is 0.878. The highest BCUT2D eigenvalue weighted by molar-refractivity contribution is 5.95. The van der Waals surface area contributed by atoms with E-state index in [0.29, 0.717) is 36.7 Å². The minimum absolute atomic E-state index is 0.00418. The lowest BCUT2D eigenvalue weighted by molar-refractivity contribution is -0.384. The third-order valence-corrected chi connectivity index (χ3v) is 5.05. The molecule has 0 bridgehead atoms. The van der Waals surface area contributed by atoms with Gasteiger partial charge in [-0.25, -0.2) is 0 Å². The Bertz CT molecular complexity index is 884. The lowest BCUT2D eigenvalue weighted by atomic mass is 10.1. The van der Waals surface area contributed by atoms with Crippen molar-refractivity contribution in [2.45, 2.75) is 13.0 Å². The molecule has 1 fully saturated rings. The van der Waals surface area contributed by atoms with Crippen molar-refractivity contribution in [3.63, 3.8) is 0 Å². The van der Waals surface area contributed by atoms with E-state index in [2.05, 4.69) is 4.90 Å². The second-order valence-electron chi connectivity index (χ2n) is 6.91. The van der Waals surface area contributed by atoms with E-state index in [1.54, 1.807) is 30.3 Å². The third kappa shape index (κ3) is 3.91. The standard InChI is InChI=1S/C20H21N3O5/c24-20(16-4-7-18-19(12-16)28-14-27-18)22-9-1-8-21(10-11-22)13-15-2-5-17(6-3-15)23(25)26/h2-7,12H,1,8-11,13-14H2. The molecule has 0 aromatic heterocycles. The maximum atomic E-state index is 12.9. The van der Waals surface area contributed by atoms with Crippen LogP contribution >= 0.6 is 0 Å². The molecule has 4 rings (SSSR count). The zero-order chi connectivity index (χ0) is 19.5. The Hall–Kier alpha value is -3.13. The normalized spacial score (nSPS) is 16.6. The van der Waals surface area contributed by atoms with Gasteiger partial charge in [0.25, 0.3) is 11.6 Å². The van der Waals surface area contributed by atoms with Gasteiger partial charge in [-0.2, -0.15) is 0 Å². The summed E-state index contributed by atoms with van der Waals surface area (Å²) in [5, 5.41) is 10.8. The first-order chi connectivity index (χ1) is 13.6. The average molecular weight is 383 g/mol. The zero-order valence-electron chi connectivity index (χ0n) is 15.4. The number of ether oxygens (including phenoxy) is 2. The quantitative estimate of drug-likeness (QED) is 0.596. The first-order valence-corrected chi connectivity index (χ1v) is 9.25. The number of benzene rings is 2. The molecule has 2 aliphatic heterocycles. The summed E-state index contributed by atoms with van der Waals surface area (Å²) >= 11 is 0. The van der Waals surface area contributed by atoms with E-state index in [9.17, 15) is 14.9 Å². The van der Waals surface area contributed by atoms with Crippen LogP contribution < -0.4 is 9.47 Å². The minimum atomic E-state index is -0.394. The molecule has 0 N–H and O–H groups in total. The molecular weight excluding hydrogens is 362 g/mol. The molecule has 2 aliphatic rings. The van der Waals surface area contributed by atoms with Crippen molar-refractivity contribution in [2.24, 2.45) is 0 Å². The number of amides is 1. The van der Waals surface area contributed by atoms with Gasteiger partial charge in [-0.05, 0) is 30.2 Å². The first kappa shape index (κ1) is 18.2. The van der Waals surface area contributed by atoms with E-state index in [4.69, 9.17) is 9.47 Å². The van der Waals surface area contributed by atoms with Gasteiger partial charge in [0, 0.05) is 50.4 Å². The lowest BCUT2D eigenvalue weighted by Gasteiger charge is -2.22. The molecule has 2 heterocycles. The number of nitro benzene ring substituents is 1. The molecule has 0 radical (unpaired) electrons. The van der Waals surface area contributed by atoms with E-state index < -0.39 is 4.92 Å². The van der Waals surface area contributed by atoms with Crippen LogP contribution in [0, 0.1) is 10.1 Å². The molecule has 0 spiro atoms. The van der Waals surface area contributed by atoms with Crippen LogP contribution in [0.1, 0.15) is 22.3 Å². The Kier molecular flexibility index (Phi) is 5.12. The van der Waals surface area contributed by atoms with Gasteiger partial charge in [0.2, 0.25) is 6.79 Å². The van der Waals surface area contributed by atoms with Gasteiger partial charge in [-0.1, -0.05) is 12.1 Å². The van der Waals surface area contributed by atoms with Crippen LogP contribution in [0.4, 0.5) is 5.69 Å². The summed E-state index contributed by atoms with van der Waals surface area (Å²) < 4.78 is 10.7. The summed E-state index contributed by atoms with van der Waals surface area (Å²) in [4.78, 5) is 27.4. The van der Waals surface area contributed by atoms with Crippen LogP contribution in [0.5, 0.6) is 11.5 Å². The van der Waals surface area contributed by atoms with Crippen LogP contribution in [-0.2, 0) is 6.54 Å². The predicted octanol–water partition coefficient (Wildman–Crippen LogP) is 2.67. The molecule has 0 aliphatic carbocycles. The molecule has 1 amide bonds. The Morgan fingerprint density at radius 2 is 1.79 bits per heavy atom. The van der Waals surface area contributed by atoms with E-state index in [1.807, 2.05) is 4.90 Å². The Labute approximate surface area is 162 Å². The molecule has 8 heteroatoms. The van der Waals surface area contributed by atoms with Gasteiger partial charge in [-0.3, -0.25) is 19.8 Å². The zero-order valence-corrected chi connectivity index (χ0v) is 15.4. The van der Waals surface area contributed by atoms with Crippen molar-refractivity contribution in [1.82, 2.24) is 9.80 Å². The van der Waals surface area contributed by atoms with Crippen molar-refractivity contribution in [3.8, 4) is 11.5 Å². The molecule has 8 nitrogen and oxygen atoms in total. The summed E-state index contributed by atoms with van der Waals surface area (Å²) in [5.41, 5.74) is 1.73. The van der Waals surface area contributed by atoms with E-state index in [1.165, 1.54) is 12.1 Å². The Morgan fingerprint density at radius 3 is 2.57 bits per heavy atom. The summed E-state index contributed by atoms with van der Waals surface area (Å²) in [5.74, 6) is 1.28. The minimum Gasteiger partial charge on any atom is -0.454 e. The van der Waals surface area contributed by atoms with Crippen LogP contribution in [0.2, 0.25) is 0 Å². The van der Waals surface area contributed by atoms with E-state index >= 15 is 0 Å².